The lowest BCUT2D eigenvalue weighted by Gasteiger charge is -2.05. The van der Waals surface area contributed by atoms with E-state index >= 15 is 0 Å². The van der Waals surface area contributed by atoms with Crippen LogP contribution in [0, 0.1) is 0 Å². The number of benzene rings is 1. The number of aromatic nitrogens is 1. The molecule has 0 spiro atoms. The quantitative estimate of drug-likeness (QED) is 0.650. The minimum Gasteiger partial charge on any atom is -0.473 e. The zero-order valence-electron chi connectivity index (χ0n) is 11.4. The van der Waals surface area contributed by atoms with Crippen molar-refractivity contribution in [3.63, 3.8) is 0 Å². The van der Waals surface area contributed by atoms with Gasteiger partial charge in [-0.2, -0.15) is 5.90 Å². The van der Waals surface area contributed by atoms with Crippen molar-refractivity contribution >= 4 is 5.97 Å². The molecule has 0 amide bonds. The summed E-state index contributed by atoms with van der Waals surface area (Å²) < 4.78 is 5.59. The molecule has 5 heteroatoms. The standard InChI is InChI=1S/C16H16N2O3/c17-21-16(19)8-4-7-13-9-10-15(18-11-13)20-12-14-5-2-1-3-6-14/h1-6,8-11H,7,12,17H2. The van der Waals surface area contributed by atoms with Crippen LogP contribution in [-0.4, -0.2) is 11.0 Å². The fourth-order valence-corrected chi connectivity index (χ4v) is 1.68. The maximum Gasteiger partial charge on any atom is 0.348 e. The van der Waals surface area contributed by atoms with Crippen LogP contribution >= 0.6 is 0 Å². The van der Waals surface area contributed by atoms with E-state index in [-0.39, 0.29) is 0 Å². The number of hydrogen-bond acceptors (Lipinski definition) is 5. The van der Waals surface area contributed by atoms with Crippen LogP contribution in [0.3, 0.4) is 0 Å². The molecule has 0 aliphatic heterocycles. The van der Waals surface area contributed by atoms with Gasteiger partial charge in [0, 0.05) is 18.3 Å². The summed E-state index contributed by atoms with van der Waals surface area (Å²) in [6, 6.07) is 13.6. The van der Waals surface area contributed by atoms with E-state index in [0.29, 0.717) is 18.9 Å². The van der Waals surface area contributed by atoms with Crippen LogP contribution in [0.5, 0.6) is 5.88 Å². The molecule has 0 saturated heterocycles. The molecule has 0 aliphatic rings. The summed E-state index contributed by atoms with van der Waals surface area (Å²) in [6.45, 7) is 0.482. The predicted molar refractivity (Wildman–Crippen MR) is 78.1 cm³/mol. The monoisotopic (exact) mass is 284 g/mol. The van der Waals surface area contributed by atoms with E-state index in [0.717, 1.165) is 11.1 Å². The molecule has 0 bridgehead atoms. The van der Waals surface area contributed by atoms with Gasteiger partial charge in [0.1, 0.15) is 6.61 Å². The van der Waals surface area contributed by atoms with Gasteiger partial charge in [-0.25, -0.2) is 9.78 Å². The molecule has 0 radical (unpaired) electrons. The second kappa shape index (κ2) is 7.81. The Kier molecular flexibility index (Phi) is 5.49. The molecule has 2 aromatic rings. The second-order valence-electron chi connectivity index (χ2n) is 4.32. The topological polar surface area (TPSA) is 74.4 Å². The SMILES string of the molecule is NOC(=O)C=CCc1ccc(OCc2ccccc2)nc1. The molecule has 108 valence electrons. The molecule has 1 heterocycles. The van der Waals surface area contributed by atoms with Gasteiger partial charge in [-0.3, -0.25) is 0 Å². The Balaban J connectivity index is 1.84. The van der Waals surface area contributed by atoms with Gasteiger partial charge in [0.25, 0.3) is 0 Å². The molecule has 0 unspecified atom stereocenters. The van der Waals surface area contributed by atoms with Crippen molar-refractivity contribution in [1.29, 1.82) is 0 Å². The minimum absolute atomic E-state index is 0.482. The zero-order valence-corrected chi connectivity index (χ0v) is 11.4. The van der Waals surface area contributed by atoms with Crippen LogP contribution in [0.25, 0.3) is 0 Å². The summed E-state index contributed by atoms with van der Waals surface area (Å²) in [5.41, 5.74) is 2.05. The Bertz CT molecular complexity index is 595. The molecule has 2 N–H and O–H groups in total. The van der Waals surface area contributed by atoms with Gasteiger partial charge in [-0.05, 0) is 17.5 Å². The first kappa shape index (κ1) is 14.7. The molecule has 1 aromatic carbocycles. The van der Waals surface area contributed by atoms with Crippen molar-refractivity contribution in [3.8, 4) is 5.88 Å². The lowest BCUT2D eigenvalue weighted by atomic mass is 10.2. The number of carbonyl (C=O) groups is 1. The summed E-state index contributed by atoms with van der Waals surface area (Å²) in [5, 5.41) is 0. The maximum absolute atomic E-state index is 10.8. The van der Waals surface area contributed by atoms with E-state index in [1.165, 1.54) is 6.08 Å². The van der Waals surface area contributed by atoms with Gasteiger partial charge in [0.05, 0.1) is 0 Å². The molecule has 2 rings (SSSR count). The number of hydrogen-bond donors (Lipinski definition) is 1. The molecule has 21 heavy (non-hydrogen) atoms. The fourth-order valence-electron chi connectivity index (χ4n) is 1.68. The van der Waals surface area contributed by atoms with Crippen molar-refractivity contribution in [3.05, 3.63) is 71.9 Å². The highest BCUT2D eigenvalue weighted by Crippen LogP contribution is 2.11. The number of ether oxygens (including phenoxy) is 1. The van der Waals surface area contributed by atoms with E-state index in [1.54, 1.807) is 18.3 Å². The summed E-state index contributed by atoms with van der Waals surface area (Å²) >= 11 is 0. The molecule has 0 saturated carbocycles. The Morgan fingerprint density at radius 1 is 1.14 bits per heavy atom. The van der Waals surface area contributed by atoms with E-state index in [1.807, 2.05) is 36.4 Å². The van der Waals surface area contributed by atoms with Gasteiger partial charge in [0.15, 0.2) is 0 Å². The molecule has 0 atom stereocenters. The highest BCUT2D eigenvalue weighted by molar-refractivity contribution is 5.81. The fraction of sp³-hybridized carbons (Fsp3) is 0.125. The Morgan fingerprint density at radius 3 is 2.62 bits per heavy atom. The minimum atomic E-state index is -0.578. The molecule has 0 fully saturated rings. The third-order valence-corrected chi connectivity index (χ3v) is 2.75. The predicted octanol–water partition coefficient (Wildman–Crippen LogP) is 2.18. The third-order valence-electron chi connectivity index (χ3n) is 2.75. The molecule has 5 nitrogen and oxygen atoms in total. The number of pyridine rings is 1. The van der Waals surface area contributed by atoms with Crippen molar-refractivity contribution < 1.29 is 14.4 Å². The summed E-state index contributed by atoms with van der Waals surface area (Å²) in [7, 11) is 0. The van der Waals surface area contributed by atoms with Crippen LogP contribution in [0.2, 0.25) is 0 Å². The smallest absolute Gasteiger partial charge is 0.348 e. The number of nitrogens with two attached hydrogens (primary N) is 1. The van der Waals surface area contributed by atoms with E-state index in [9.17, 15) is 4.79 Å². The molecule has 1 aromatic heterocycles. The van der Waals surface area contributed by atoms with Gasteiger partial charge in [0.2, 0.25) is 5.88 Å². The maximum atomic E-state index is 10.8. The molecule has 0 aliphatic carbocycles. The Hall–Kier alpha value is -2.66. The first-order valence-electron chi connectivity index (χ1n) is 6.47. The summed E-state index contributed by atoms with van der Waals surface area (Å²) in [4.78, 5) is 19.0. The van der Waals surface area contributed by atoms with Gasteiger partial charge < -0.3 is 9.57 Å². The summed E-state index contributed by atoms with van der Waals surface area (Å²) in [5.74, 6) is 4.71. The molecular weight excluding hydrogens is 268 g/mol. The number of carbonyl (C=O) groups excluding carboxylic acids is 1. The van der Waals surface area contributed by atoms with Crippen LogP contribution in [0.4, 0.5) is 0 Å². The Morgan fingerprint density at radius 2 is 1.95 bits per heavy atom. The number of rotatable bonds is 6. The highest BCUT2D eigenvalue weighted by atomic mass is 16.7. The number of allylic oxidation sites excluding steroid dienone is 1. The van der Waals surface area contributed by atoms with Crippen LogP contribution in [-0.2, 0) is 22.7 Å². The second-order valence-corrected chi connectivity index (χ2v) is 4.32. The lowest BCUT2D eigenvalue weighted by molar-refractivity contribution is -0.138. The zero-order chi connectivity index (χ0) is 14.9. The van der Waals surface area contributed by atoms with Crippen molar-refractivity contribution in [1.82, 2.24) is 4.98 Å². The van der Waals surface area contributed by atoms with Crippen LogP contribution in [0.1, 0.15) is 11.1 Å². The third kappa shape index (κ3) is 5.08. The average molecular weight is 284 g/mol. The van der Waals surface area contributed by atoms with Crippen LogP contribution < -0.4 is 10.6 Å². The van der Waals surface area contributed by atoms with E-state index in [2.05, 4.69) is 9.82 Å². The van der Waals surface area contributed by atoms with E-state index in [4.69, 9.17) is 10.6 Å². The van der Waals surface area contributed by atoms with Gasteiger partial charge >= 0.3 is 5.97 Å². The van der Waals surface area contributed by atoms with Crippen molar-refractivity contribution in [2.24, 2.45) is 5.90 Å². The average Bonchev–Trinajstić information content (AvgIpc) is 2.55. The molecular formula is C16H16N2O3. The number of nitrogens with zero attached hydrogens (tertiary/aromatic N) is 1. The van der Waals surface area contributed by atoms with Crippen molar-refractivity contribution in [2.75, 3.05) is 0 Å². The van der Waals surface area contributed by atoms with Gasteiger partial charge in [-0.1, -0.05) is 42.5 Å². The first-order valence-corrected chi connectivity index (χ1v) is 6.47. The Labute approximate surface area is 123 Å². The largest absolute Gasteiger partial charge is 0.473 e. The van der Waals surface area contributed by atoms with E-state index < -0.39 is 5.97 Å². The summed E-state index contributed by atoms with van der Waals surface area (Å²) in [6.07, 6.45) is 5.22. The van der Waals surface area contributed by atoms with Crippen LogP contribution in [0.15, 0.2) is 60.8 Å². The van der Waals surface area contributed by atoms with Crippen molar-refractivity contribution in [2.45, 2.75) is 13.0 Å². The highest BCUT2D eigenvalue weighted by Gasteiger charge is 1.98. The first-order chi connectivity index (χ1) is 10.3. The normalized spacial score (nSPS) is 10.5. The lowest BCUT2D eigenvalue weighted by Crippen LogP contribution is -2.06. The van der Waals surface area contributed by atoms with Gasteiger partial charge in [-0.15, -0.1) is 0 Å².